The number of unbranched alkanes of at least 4 members (excludes halogenated alkanes) is 1. The first-order valence-corrected chi connectivity index (χ1v) is 11.0. The van der Waals surface area contributed by atoms with Gasteiger partial charge in [0.25, 0.3) is 0 Å². The lowest BCUT2D eigenvalue weighted by Gasteiger charge is -2.33. The molecule has 3 N–H and O–H groups in total. The van der Waals surface area contributed by atoms with Gasteiger partial charge in [-0.2, -0.15) is 11.3 Å². The summed E-state index contributed by atoms with van der Waals surface area (Å²) in [5, 5.41) is 21.2. The van der Waals surface area contributed by atoms with Gasteiger partial charge in [-0.3, -0.25) is 0 Å². The Morgan fingerprint density at radius 1 is 1.37 bits per heavy atom. The Morgan fingerprint density at radius 2 is 2.19 bits per heavy atom. The third-order valence-corrected chi connectivity index (χ3v) is 5.82. The number of nitrogens with zero attached hydrogens (tertiary/aromatic N) is 2. The van der Waals surface area contributed by atoms with E-state index in [1.807, 2.05) is 23.8 Å². The van der Waals surface area contributed by atoms with E-state index in [0.717, 1.165) is 37.1 Å². The molecule has 1 aliphatic rings. The van der Waals surface area contributed by atoms with Crippen LogP contribution in [0.4, 0.5) is 0 Å². The van der Waals surface area contributed by atoms with Gasteiger partial charge < -0.3 is 20.6 Å². The number of halogens is 1. The number of nitrogens with one attached hydrogen (secondary N) is 2. The van der Waals surface area contributed by atoms with Crippen molar-refractivity contribution in [3.8, 4) is 0 Å². The van der Waals surface area contributed by atoms with Crippen LogP contribution in [0.3, 0.4) is 0 Å². The fourth-order valence-electron chi connectivity index (χ4n) is 3.37. The van der Waals surface area contributed by atoms with Crippen LogP contribution in [0.2, 0.25) is 0 Å². The smallest absolute Gasteiger partial charge is 0.191 e. The van der Waals surface area contributed by atoms with Crippen LogP contribution >= 0.6 is 35.3 Å². The van der Waals surface area contributed by atoms with Crippen LogP contribution in [0.15, 0.2) is 21.8 Å². The van der Waals surface area contributed by atoms with Crippen LogP contribution in [0.1, 0.15) is 58.4 Å². The van der Waals surface area contributed by atoms with Crippen LogP contribution in [-0.2, 0) is 5.60 Å². The van der Waals surface area contributed by atoms with Crippen LogP contribution in [-0.4, -0.2) is 54.7 Å². The van der Waals surface area contributed by atoms with E-state index in [1.54, 1.807) is 11.3 Å². The lowest BCUT2D eigenvalue weighted by Crippen LogP contribution is -2.40. The Balaban J connectivity index is 0.00000364. The summed E-state index contributed by atoms with van der Waals surface area (Å²) in [6, 6.07) is 2.71. The fraction of sp³-hybridized carbons (Fsp3) is 0.750. The molecule has 2 heterocycles. The summed E-state index contributed by atoms with van der Waals surface area (Å²) in [4.78, 5) is 7.21. The van der Waals surface area contributed by atoms with E-state index in [2.05, 4.69) is 34.4 Å². The molecule has 0 aromatic carbocycles. The first kappa shape index (κ1) is 24.7. The molecular formula is C20H37IN4OS. The molecule has 0 radical (unpaired) electrons. The Kier molecular flexibility index (Phi) is 11.8. The molecule has 0 saturated carbocycles. The maximum atomic E-state index is 10.6. The largest absolute Gasteiger partial charge is 0.383 e. The Labute approximate surface area is 186 Å². The number of likely N-dealkylation sites (tertiary alicyclic amines) is 1. The summed E-state index contributed by atoms with van der Waals surface area (Å²) in [5.41, 5.74) is 0.00461. The van der Waals surface area contributed by atoms with Crippen molar-refractivity contribution in [2.45, 2.75) is 64.5 Å². The Hall–Kier alpha value is -0.380. The highest BCUT2D eigenvalue weighted by molar-refractivity contribution is 14.0. The van der Waals surface area contributed by atoms with Gasteiger partial charge in [-0.05, 0) is 81.9 Å². The van der Waals surface area contributed by atoms with Gasteiger partial charge in [0.05, 0.1) is 6.54 Å². The minimum Gasteiger partial charge on any atom is -0.383 e. The van der Waals surface area contributed by atoms with E-state index in [4.69, 9.17) is 0 Å². The second-order valence-corrected chi connectivity index (χ2v) is 8.28. The van der Waals surface area contributed by atoms with E-state index in [1.165, 1.54) is 38.8 Å². The molecule has 1 aliphatic heterocycles. The summed E-state index contributed by atoms with van der Waals surface area (Å²) in [5.74, 6) is 0.786. The van der Waals surface area contributed by atoms with Gasteiger partial charge in [0, 0.05) is 19.1 Å². The lowest BCUT2D eigenvalue weighted by molar-refractivity contribution is 0.0677. The summed E-state index contributed by atoms with van der Waals surface area (Å²) < 4.78 is 0. The van der Waals surface area contributed by atoms with Gasteiger partial charge >= 0.3 is 0 Å². The van der Waals surface area contributed by atoms with Gasteiger partial charge in [-0.15, -0.1) is 24.0 Å². The summed E-state index contributed by atoms with van der Waals surface area (Å²) in [7, 11) is 0. The molecule has 1 aromatic heterocycles. The first-order chi connectivity index (χ1) is 12.5. The molecule has 1 saturated heterocycles. The summed E-state index contributed by atoms with van der Waals surface area (Å²) >= 11 is 1.60. The number of hydrogen-bond donors (Lipinski definition) is 3. The zero-order chi connectivity index (χ0) is 18.8. The highest BCUT2D eigenvalue weighted by Crippen LogP contribution is 2.23. The van der Waals surface area contributed by atoms with Crippen LogP contribution < -0.4 is 10.6 Å². The number of aliphatic hydroxyl groups is 1. The molecule has 5 nitrogen and oxygen atoms in total. The summed E-state index contributed by atoms with van der Waals surface area (Å²) in [6.07, 6.45) is 6.43. The molecule has 27 heavy (non-hydrogen) atoms. The van der Waals surface area contributed by atoms with Crippen LogP contribution in [0.5, 0.6) is 0 Å². The normalized spacial score (nSPS) is 20.6. The van der Waals surface area contributed by atoms with Gasteiger partial charge in [-0.1, -0.05) is 6.42 Å². The van der Waals surface area contributed by atoms with Crippen molar-refractivity contribution in [2.75, 3.05) is 32.7 Å². The highest BCUT2D eigenvalue weighted by atomic mass is 127. The monoisotopic (exact) mass is 508 g/mol. The van der Waals surface area contributed by atoms with Crippen molar-refractivity contribution in [3.05, 3.63) is 22.4 Å². The first-order valence-electron chi connectivity index (χ1n) is 10.0. The number of guanidine groups is 1. The molecule has 1 fully saturated rings. The van der Waals surface area contributed by atoms with E-state index < -0.39 is 5.60 Å². The van der Waals surface area contributed by atoms with Crippen LogP contribution in [0.25, 0.3) is 0 Å². The standard InChI is InChI=1S/C20H36N4OS.HI/c1-4-21-19(23-16-20(3,25)18-10-14-26-15-18)22-11-6-8-13-24-12-7-5-9-17(24)2;/h10,14-15,17,25H,4-9,11-13,16H2,1-3H3,(H2,21,22,23);1H. The van der Waals surface area contributed by atoms with Crippen LogP contribution in [0, 0.1) is 0 Å². The van der Waals surface area contributed by atoms with Crippen molar-refractivity contribution < 1.29 is 5.11 Å². The molecule has 0 bridgehead atoms. The molecule has 2 atom stereocenters. The molecule has 1 aromatic rings. The van der Waals surface area contributed by atoms with Crippen molar-refractivity contribution >= 4 is 41.3 Å². The van der Waals surface area contributed by atoms with E-state index in [0.29, 0.717) is 6.54 Å². The van der Waals surface area contributed by atoms with Gasteiger partial charge in [0.1, 0.15) is 5.60 Å². The molecule has 2 unspecified atom stereocenters. The van der Waals surface area contributed by atoms with Crippen molar-refractivity contribution in [1.82, 2.24) is 15.5 Å². The number of thiophene rings is 1. The maximum Gasteiger partial charge on any atom is 0.191 e. The number of aliphatic imine (C=N–C) groups is 1. The van der Waals surface area contributed by atoms with E-state index in [-0.39, 0.29) is 24.0 Å². The molecule has 0 aliphatic carbocycles. The second kappa shape index (κ2) is 13.0. The minimum atomic E-state index is -0.924. The molecule has 156 valence electrons. The number of rotatable bonds is 9. The quantitative estimate of drug-likeness (QED) is 0.206. The fourth-order valence-corrected chi connectivity index (χ4v) is 4.16. The number of piperidine rings is 1. The Morgan fingerprint density at radius 3 is 2.85 bits per heavy atom. The topological polar surface area (TPSA) is 59.9 Å². The number of hydrogen-bond acceptors (Lipinski definition) is 4. The predicted molar refractivity (Wildman–Crippen MR) is 127 cm³/mol. The SMILES string of the molecule is CCNC(=NCC(C)(O)c1ccsc1)NCCCCN1CCCCC1C.I. The maximum absolute atomic E-state index is 10.6. The van der Waals surface area contributed by atoms with Crippen molar-refractivity contribution in [1.29, 1.82) is 0 Å². The third-order valence-electron chi connectivity index (χ3n) is 5.14. The van der Waals surface area contributed by atoms with Gasteiger partial charge in [-0.25, -0.2) is 4.99 Å². The lowest BCUT2D eigenvalue weighted by atomic mass is 10.00. The van der Waals surface area contributed by atoms with E-state index >= 15 is 0 Å². The third kappa shape index (κ3) is 8.66. The Bertz CT molecular complexity index is 536. The van der Waals surface area contributed by atoms with Crippen molar-refractivity contribution in [2.24, 2.45) is 4.99 Å². The molecule has 0 amide bonds. The van der Waals surface area contributed by atoms with E-state index in [9.17, 15) is 5.11 Å². The molecule has 0 spiro atoms. The van der Waals surface area contributed by atoms with Gasteiger partial charge in [0.15, 0.2) is 5.96 Å². The molecular weight excluding hydrogens is 471 g/mol. The predicted octanol–water partition coefficient (Wildman–Crippen LogP) is 3.78. The minimum absolute atomic E-state index is 0. The average Bonchev–Trinajstić information content (AvgIpc) is 3.16. The molecule has 2 rings (SSSR count). The zero-order valence-corrected chi connectivity index (χ0v) is 20.2. The average molecular weight is 509 g/mol. The van der Waals surface area contributed by atoms with Gasteiger partial charge in [0.2, 0.25) is 0 Å². The summed E-state index contributed by atoms with van der Waals surface area (Å²) in [6.45, 7) is 10.8. The zero-order valence-electron chi connectivity index (χ0n) is 17.0. The van der Waals surface area contributed by atoms with Crippen molar-refractivity contribution in [3.63, 3.8) is 0 Å². The highest BCUT2D eigenvalue weighted by Gasteiger charge is 2.23. The second-order valence-electron chi connectivity index (χ2n) is 7.50. The molecule has 7 heteroatoms.